The third kappa shape index (κ3) is 3.11. The Morgan fingerprint density at radius 2 is 1.88 bits per heavy atom. The second-order valence-electron chi connectivity index (χ2n) is 6.44. The van der Waals surface area contributed by atoms with Crippen molar-refractivity contribution >= 4 is 33.8 Å². The number of carbonyl (C=O) groups is 1. The van der Waals surface area contributed by atoms with Crippen molar-refractivity contribution in [2.24, 2.45) is 0 Å². The lowest BCUT2D eigenvalue weighted by Gasteiger charge is -2.06. The normalized spacial score (nSPS) is 11.3. The fourth-order valence-corrected chi connectivity index (χ4v) is 3.53. The van der Waals surface area contributed by atoms with E-state index in [1.807, 2.05) is 29.7 Å². The Bertz CT molecular complexity index is 1110. The first-order chi connectivity index (χ1) is 12.7. The summed E-state index contributed by atoms with van der Waals surface area (Å²) in [5.41, 5.74) is 3.41. The molecule has 2 heterocycles. The van der Waals surface area contributed by atoms with E-state index >= 15 is 0 Å². The van der Waals surface area contributed by atoms with Crippen LogP contribution in [0.15, 0.2) is 60.8 Å². The van der Waals surface area contributed by atoms with Crippen molar-refractivity contribution < 1.29 is 4.79 Å². The quantitative estimate of drug-likeness (QED) is 0.438. The first-order valence-corrected chi connectivity index (χ1v) is 9.21. The average molecular weight is 363 g/mol. The van der Waals surface area contributed by atoms with E-state index in [0.29, 0.717) is 23.6 Å². The number of halogens is 1. The zero-order chi connectivity index (χ0) is 18.1. The summed E-state index contributed by atoms with van der Waals surface area (Å²) in [4.78, 5) is 17.5. The molecular formula is C22H19ClN2O. The van der Waals surface area contributed by atoms with Gasteiger partial charge in [0.05, 0.1) is 5.69 Å². The standard InChI is InChI=1S/C22H19ClN2O/c1-2-19-22(25-12-11-18(23)14-21(25)24-19)20(26)10-8-15-7-9-16-5-3-4-6-17(16)13-15/h3-7,9,11-14H,2,8,10H2,1H3. The lowest BCUT2D eigenvalue weighted by atomic mass is 10.0. The number of rotatable bonds is 5. The molecule has 0 N–H and O–H groups in total. The summed E-state index contributed by atoms with van der Waals surface area (Å²) in [6, 6.07) is 18.2. The van der Waals surface area contributed by atoms with E-state index in [9.17, 15) is 4.79 Å². The van der Waals surface area contributed by atoms with Gasteiger partial charge in [-0.15, -0.1) is 0 Å². The molecular weight excluding hydrogens is 344 g/mol. The van der Waals surface area contributed by atoms with Crippen LogP contribution in [-0.2, 0) is 12.8 Å². The fourth-order valence-electron chi connectivity index (χ4n) is 3.38. The SMILES string of the molecule is CCc1nc2cc(Cl)ccn2c1C(=O)CCc1ccc2ccccc2c1. The topological polar surface area (TPSA) is 34.4 Å². The van der Waals surface area contributed by atoms with Crippen LogP contribution in [0.25, 0.3) is 16.4 Å². The highest BCUT2D eigenvalue weighted by atomic mass is 35.5. The zero-order valence-electron chi connectivity index (χ0n) is 14.6. The van der Waals surface area contributed by atoms with E-state index in [4.69, 9.17) is 11.6 Å². The summed E-state index contributed by atoms with van der Waals surface area (Å²) in [6.45, 7) is 2.02. The predicted molar refractivity (Wildman–Crippen MR) is 106 cm³/mol. The highest BCUT2D eigenvalue weighted by molar-refractivity contribution is 6.30. The van der Waals surface area contributed by atoms with Crippen molar-refractivity contribution in [2.75, 3.05) is 0 Å². The molecule has 4 heteroatoms. The van der Waals surface area contributed by atoms with Crippen molar-refractivity contribution in [2.45, 2.75) is 26.2 Å². The number of aromatic nitrogens is 2. The zero-order valence-corrected chi connectivity index (χ0v) is 15.3. The molecule has 26 heavy (non-hydrogen) atoms. The van der Waals surface area contributed by atoms with Crippen LogP contribution in [0.1, 0.15) is 35.1 Å². The van der Waals surface area contributed by atoms with Crippen LogP contribution in [0.3, 0.4) is 0 Å². The molecule has 2 aromatic carbocycles. The molecule has 3 nitrogen and oxygen atoms in total. The van der Waals surface area contributed by atoms with Crippen molar-refractivity contribution in [3.05, 3.63) is 82.8 Å². The molecule has 0 unspecified atom stereocenters. The van der Waals surface area contributed by atoms with E-state index in [1.54, 1.807) is 12.1 Å². The Morgan fingerprint density at radius 1 is 1.08 bits per heavy atom. The summed E-state index contributed by atoms with van der Waals surface area (Å²) in [6.07, 6.45) is 3.72. The van der Waals surface area contributed by atoms with Gasteiger partial charge in [0, 0.05) is 23.7 Å². The smallest absolute Gasteiger partial charge is 0.181 e. The number of fused-ring (bicyclic) bond motifs is 2. The van der Waals surface area contributed by atoms with E-state index in [0.717, 1.165) is 17.8 Å². The second-order valence-corrected chi connectivity index (χ2v) is 6.87. The van der Waals surface area contributed by atoms with Gasteiger partial charge < -0.3 is 0 Å². The summed E-state index contributed by atoms with van der Waals surface area (Å²) in [5, 5.41) is 3.05. The number of aryl methyl sites for hydroxylation is 2. The molecule has 0 aliphatic rings. The molecule has 4 rings (SSSR count). The van der Waals surface area contributed by atoms with Crippen molar-refractivity contribution in [1.29, 1.82) is 0 Å². The van der Waals surface area contributed by atoms with Gasteiger partial charge in [-0.05, 0) is 35.2 Å². The maximum Gasteiger partial charge on any atom is 0.181 e. The summed E-state index contributed by atoms with van der Waals surface area (Å²) >= 11 is 6.05. The first-order valence-electron chi connectivity index (χ1n) is 8.83. The molecule has 130 valence electrons. The maximum absolute atomic E-state index is 12.9. The monoisotopic (exact) mass is 362 g/mol. The molecule has 0 atom stereocenters. The Balaban J connectivity index is 1.60. The van der Waals surface area contributed by atoms with Gasteiger partial charge in [-0.1, -0.05) is 61.0 Å². The number of hydrogen-bond donors (Lipinski definition) is 0. The van der Waals surface area contributed by atoms with Gasteiger partial charge in [-0.3, -0.25) is 9.20 Å². The number of pyridine rings is 1. The van der Waals surface area contributed by atoms with Crippen LogP contribution < -0.4 is 0 Å². The van der Waals surface area contributed by atoms with Crippen LogP contribution in [0.4, 0.5) is 0 Å². The number of Topliss-reactive ketones (excluding diaryl/α,β-unsaturated/α-hetero) is 1. The number of nitrogens with zero attached hydrogens (tertiary/aromatic N) is 2. The van der Waals surface area contributed by atoms with E-state index in [-0.39, 0.29) is 5.78 Å². The molecule has 0 aliphatic carbocycles. The largest absolute Gasteiger partial charge is 0.297 e. The van der Waals surface area contributed by atoms with Gasteiger partial charge in [-0.25, -0.2) is 4.98 Å². The molecule has 2 aromatic heterocycles. The third-order valence-electron chi connectivity index (χ3n) is 4.71. The fraction of sp³-hybridized carbons (Fsp3) is 0.182. The lowest BCUT2D eigenvalue weighted by Crippen LogP contribution is -2.08. The minimum absolute atomic E-state index is 0.116. The van der Waals surface area contributed by atoms with Gasteiger partial charge in [0.15, 0.2) is 5.78 Å². The minimum Gasteiger partial charge on any atom is -0.297 e. The summed E-state index contributed by atoms with van der Waals surface area (Å²) in [5.74, 6) is 0.116. The first kappa shape index (κ1) is 16.8. The number of hydrogen-bond acceptors (Lipinski definition) is 2. The molecule has 0 amide bonds. The van der Waals surface area contributed by atoms with Crippen LogP contribution in [0, 0.1) is 0 Å². The second kappa shape index (κ2) is 6.93. The Hall–Kier alpha value is -2.65. The summed E-state index contributed by atoms with van der Waals surface area (Å²) in [7, 11) is 0. The number of imidazole rings is 1. The Labute approximate surface area is 157 Å². The third-order valence-corrected chi connectivity index (χ3v) is 4.95. The molecule has 0 saturated carbocycles. The predicted octanol–water partition coefficient (Wildman–Crippen LogP) is 5.52. The number of benzene rings is 2. The molecule has 0 saturated heterocycles. The molecule has 0 bridgehead atoms. The molecule has 0 radical (unpaired) electrons. The number of carbonyl (C=O) groups excluding carboxylic acids is 1. The highest BCUT2D eigenvalue weighted by Gasteiger charge is 2.18. The Kier molecular flexibility index (Phi) is 4.48. The molecule has 0 aliphatic heterocycles. The molecule has 4 aromatic rings. The van der Waals surface area contributed by atoms with Crippen LogP contribution in [-0.4, -0.2) is 15.2 Å². The van der Waals surface area contributed by atoms with Crippen molar-refractivity contribution in [3.63, 3.8) is 0 Å². The van der Waals surface area contributed by atoms with Gasteiger partial charge in [-0.2, -0.15) is 0 Å². The van der Waals surface area contributed by atoms with E-state index in [2.05, 4.69) is 35.3 Å². The van der Waals surface area contributed by atoms with Gasteiger partial charge in [0.25, 0.3) is 0 Å². The van der Waals surface area contributed by atoms with E-state index < -0.39 is 0 Å². The van der Waals surface area contributed by atoms with E-state index in [1.165, 1.54) is 16.3 Å². The average Bonchev–Trinajstić information content (AvgIpc) is 3.03. The molecule has 0 spiro atoms. The minimum atomic E-state index is 0.116. The van der Waals surface area contributed by atoms with Crippen molar-refractivity contribution in [1.82, 2.24) is 9.38 Å². The van der Waals surface area contributed by atoms with Gasteiger partial charge in [0.1, 0.15) is 11.3 Å². The Morgan fingerprint density at radius 3 is 2.69 bits per heavy atom. The van der Waals surface area contributed by atoms with Crippen molar-refractivity contribution in [3.8, 4) is 0 Å². The van der Waals surface area contributed by atoms with Gasteiger partial charge >= 0.3 is 0 Å². The van der Waals surface area contributed by atoms with Crippen LogP contribution in [0.5, 0.6) is 0 Å². The van der Waals surface area contributed by atoms with Crippen LogP contribution in [0.2, 0.25) is 5.02 Å². The maximum atomic E-state index is 12.9. The molecule has 0 fully saturated rings. The number of ketones is 1. The highest BCUT2D eigenvalue weighted by Crippen LogP contribution is 2.21. The van der Waals surface area contributed by atoms with Gasteiger partial charge in [0.2, 0.25) is 0 Å². The lowest BCUT2D eigenvalue weighted by molar-refractivity contribution is 0.0976. The van der Waals surface area contributed by atoms with Crippen LogP contribution >= 0.6 is 11.6 Å². The summed E-state index contributed by atoms with van der Waals surface area (Å²) < 4.78 is 1.85.